The molecule has 0 aliphatic heterocycles. The number of benzene rings is 1. The Morgan fingerprint density at radius 2 is 2.00 bits per heavy atom. The molecule has 1 aromatic rings. The minimum Gasteiger partial charge on any atom is -0.480 e. The molecule has 0 heterocycles. The van der Waals surface area contributed by atoms with Crippen LogP contribution in [-0.2, 0) is 4.79 Å². The van der Waals surface area contributed by atoms with Crippen LogP contribution >= 0.6 is 11.6 Å². The number of rotatable bonds is 4. The first-order chi connectivity index (χ1) is 7.66. The van der Waals surface area contributed by atoms with Gasteiger partial charge in [0.2, 0.25) is 0 Å². The fraction of sp³-hybridized carbons (Fsp3) is 0.417. The summed E-state index contributed by atoms with van der Waals surface area (Å²) in [6, 6.07) is 6.64. The molecule has 3 nitrogen and oxygen atoms in total. The topological polar surface area (TPSA) is 49.3 Å². The Balaban J connectivity index is 2.04. The molecule has 2 N–H and O–H groups in total. The maximum Gasteiger partial charge on any atom is 0.326 e. The SMILES string of the molecule is O=C(O)C(Nc1ccc(Cl)cc1)C1CCC1. The second-order valence-corrected chi connectivity index (χ2v) is 4.59. The lowest BCUT2D eigenvalue weighted by Crippen LogP contribution is -2.40. The van der Waals surface area contributed by atoms with Crippen LogP contribution in [0.1, 0.15) is 19.3 Å². The Hall–Kier alpha value is -1.22. The summed E-state index contributed by atoms with van der Waals surface area (Å²) in [6.45, 7) is 0. The average molecular weight is 240 g/mol. The van der Waals surface area contributed by atoms with Gasteiger partial charge in [0.1, 0.15) is 6.04 Å². The van der Waals surface area contributed by atoms with E-state index in [-0.39, 0.29) is 5.92 Å². The van der Waals surface area contributed by atoms with Crippen LogP contribution in [-0.4, -0.2) is 17.1 Å². The van der Waals surface area contributed by atoms with Crippen molar-refractivity contribution in [3.8, 4) is 0 Å². The number of carboxylic acid groups (broad SMARTS) is 1. The van der Waals surface area contributed by atoms with E-state index >= 15 is 0 Å². The number of hydrogen-bond donors (Lipinski definition) is 2. The van der Waals surface area contributed by atoms with E-state index in [0.717, 1.165) is 24.9 Å². The van der Waals surface area contributed by atoms with Crippen LogP contribution in [0.3, 0.4) is 0 Å². The van der Waals surface area contributed by atoms with Gasteiger partial charge in [-0.1, -0.05) is 18.0 Å². The van der Waals surface area contributed by atoms with Crippen LogP contribution < -0.4 is 5.32 Å². The van der Waals surface area contributed by atoms with E-state index in [1.54, 1.807) is 24.3 Å². The predicted octanol–water partition coefficient (Wildman–Crippen LogP) is 3.01. The third-order valence-corrected chi connectivity index (χ3v) is 3.31. The van der Waals surface area contributed by atoms with Gasteiger partial charge in [-0.2, -0.15) is 0 Å². The van der Waals surface area contributed by atoms with Crippen molar-refractivity contribution in [3.63, 3.8) is 0 Å². The molecule has 0 spiro atoms. The van der Waals surface area contributed by atoms with Crippen molar-refractivity contribution in [2.75, 3.05) is 5.32 Å². The summed E-state index contributed by atoms with van der Waals surface area (Å²) in [5.41, 5.74) is 0.809. The van der Waals surface area contributed by atoms with Crippen LogP contribution in [0.25, 0.3) is 0 Å². The van der Waals surface area contributed by atoms with E-state index in [2.05, 4.69) is 5.32 Å². The van der Waals surface area contributed by atoms with Crippen molar-refractivity contribution in [2.45, 2.75) is 25.3 Å². The summed E-state index contributed by atoms with van der Waals surface area (Å²) in [6.07, 6.45) is 3.13. The summed E-state index contributed by atoms with van der Waals surface area (Å²) in [5.74, 6) is -0.521. The maximum atomic E-state index is 11.1. The van der Waals surface area contributed by atoms with Gasteiger partial charge in [-0.05, 0) is 43.0 Å². The molecular weight excluding hydrogens is 226 g/mol. The number of carbonyl (C=O) groups is 1. The first kappa shape index (κ1) is 11.3. The molecule has 86 valence electrons. The van der Waals surface area contributed by atoms with Gasteiger partial charge >= 0.3 is 5.97 Å². The molecule has 2 rings (SSSR count). The molecule has 1 aliphatic rings. The summed E-state index contributed by atoms with van der Waals surface area (Å²) in [5, 5.41) is 12.8. The monoisotopic (exact) mass is 239 g/mol. The normalized spacial score (nSPS) is 17.6. The molecule has 1 fully saturated rings. The molecule has 1 atom stereocenters. The number of hydrogen-bond acceptors (Lipinski definition) is 2. The molecule has 1 saturated carbocycles. The van der Waals surface area contributed by atoms with E-state index in [0.29, 0.717) is 5.02 Å². The van der Waals surface area contributed by atoms with Crippen LogP contribution in [0.4, 0.5) is 5.69 Å². The fourth-order valence-corrected chi connectivity index (χ4v) is 2.01. The first-order valence-corrected chi connectivity index (χ1v) is 5.79. The standard InChI is InChI=1S/C12H14ClNO2/c13-9-4-6-10(7-5-9)14-11(12(15)16)8-2-1-3-8/h4-8,11,14H,1-3H2,(H,15,16). The molecule has 1 unspecified atom stereocenters. The summed E-state index contributed by atoms with van der Waals surface area (Å²) < 4.78 is 0. The Morgan fingerprint density at radius 1 is 1.38 bits per heavy atom. The highest BCUT2D eigenvalue weighted by Gasteiger charge is 2.32. The lowest BCUT2D eigenvalue weighted by Gasteiger charge is -2.32. The van der Waals surface area contributed by atoms with E-state index < -0.39 is 12.0 Å². The molecular formula is C12H14ClNO2. The minimum atomic E-state index is -0.778. The summed E-state index contributed by atoms with van der Waals surface area (Å²) in [7, 11) is 0. The zero-order valence-electron chi connectivity index (χ0n) is 8.82. The van der Waals surface area contributed by atoms with Gasteiger partial charge in [0, 0.05) is 10.7 Å². The van der Waals surface area contributed by atoms with Crippen molar-refractivity contribution >= 4 is 23.3 Å². The number of halogens is 1. The molecule has 1 aromatic carbocycles. The Kier molecular flexibility index (Phi) is 3.34. The van der Waals surface area contributed by atoms with Gasteiger partial charge in [0.25, 0.3) is 0 Å². The van der Waals surface area contributed by atoms with Gasteiger partial charge in [-0.15, -0.1) is 0 Å². The zero-order valence-corrected chi connectivity index (χ0v) is 9.57. The van der Waals surface area contributed by atoms with E-state index in [1.807, 2.05) is 0 Å². The summed E-state index contributed by atoms with van der Waals surface area (Å²) >= 11 is 5.77. The Bertz CT molecular complexity index is 373. The fourth-order valence-electron chi connectivity index (χ4n) is 1.88. The number of anilines is 1. The Morgan fingerprint density at radius 3 is 2.44 bits per heavy atom. The average Bonchev–Trinajstić information content (AvgIpc) is 2.17. The van der Waals surface area contributed by atoms with Crippen molar-refractivity contribution in [1.29, 1.82) is 0 Å². The number of carboxylic acids is 1. The second kappa shape index (κ2) is 4.74. The van der Waals surface area contributed by atoms with Crippen LogP contribution in [0.15, 0.2) is 24.3 Å². The molecule has 16 heavy (non-hydrogen) atoms. The molecule has 0 radical (unpaired) electrons. The van der Waals surface area contributed by atoms with E-state index in [4.69, 9.17) is 16.7 Å². The predicted molar refractivity (Wildman–Crippen MR) is 63.8 cm³/mol. The van der Waals surface area contributed by atoms with Crippen molar-refractivity contribution in [2.24, 2.45) is 5.92 Å². The third kappa shape index (κ3) is 2.47. The molecule has 0 aromatic heterocycles. The van der Waals surface area contributed by atoms with Crippen molar-refractivity contribution in [3.05, 3.63) is 29.3 Å². The molecule has 0 amide bonds. The van der Waals surface area contributed by atoms with Crippen LogP contribution in [0, 0.1) is 5.92 Å². The van der Waals surface area contributed by atoms with Gasteiger partial charge in [0.15, 0.2) is 0 Å². The smallest absolute Gasteiger partial charge is 0.326 e. The number of aliphatic carboxylic acids is 1. The highest BCUT2D eigenvalue weighted by Crippen LogP contribution is 2.31. The first-order valence-electron chi connectivity index (χ1n) is 5.42. The lowest BCUT2D eigenvalue weighted by atomic mass is 9.79. The van der Waals surface area contributed by atoms with E-state index in [9.17, 15) is 4.79 Å². The molecule has 1 aliphatic carbocycles. The maximum absolute atomic E-state index is 11.1. The zero-order chi connectivity index (χ0) is 11.5. The van der Waals surface area contributed by atoms with Gasteiger partial charge in [-0.3, -0.25) is 0 Å². The van der Waals surface area contributed by atoms with Crippen molar-refractivity contribution < 1.29 is 9.90 Å². The lowest BCUT2D eigenvalue weighted by molar-refractivity contribution is -0.139. The summed E-state index contributed by atoms with van der Waals surface area (Å²) in [4.78, 5) is 11.1. The quantitative estimate of drug-likeness (QED) is 0.849. The minimum absolute atomic E-state index is 0.258. The van der Waals surface area contributed by atoms with Crippen LogP contribution in [0.5, 0.6) is 0 Å². The largest absolute Gasteiger partial charge is 0.480 e. The van der Waals surface area contributed by atoms with Crippen molar-refractivity contribution in [1.82, 2.24) is 0 Å². The number of nitrogens with one attached hydrogen (secondary N) is 1. The second-order valence-electron chi connectivity index (χ2n) is 4.16. The van der Waals surface area contributed by atoms with Gasteiger partial charge < -0.3 is 10.4 Å². The van der Waals surface area contributed by atoms with Gasteiger partial charge in [-0.25, -0.2) is 4.79 Å². The van der Waals surface area contributed by atoms with E-state index in [1.165, 1.54) is 0 Å². The third-order valence-electron chi connectivity index (χ3n) is 3.05. The Labute approximate surface area is 99.4 Å². The highest BCUT2D eigenvalue weighted by molar-refractivity contribution is 6.30. The molecule has 4 heteroatoms. The van der Waals surface area contributed by atoms with Crippen LogP contribution in [0.2, 0.25) is 5.02 Å². The molecule has 0 bridgehead atoms. The van der Waals surface area contributed by atoms with Gasteiger partial charge in [0.05, 0.1) is 0 Å². The molecule has 0 saturated heterocycles. The highest BCUT2D eigenvalue weighted by atomic mass is 35.5.